The number of hydrogen-bond acceptors (Lipinski definition) is 11. The van der Waals surface area contributed by atoms with E-state index in [2.05, 4.69) is 10.3 Å². The molecule has 0 aromatic carbocycles. The molecule has 8 nitrogen and oxygen atoms in total. The second kappa shape index (κ2) is 9.81. The molecule has 0 aromatic rings. The fourth-order valence-electron chi connectivity index (χ4n) is 1.21. The molecule has 2 saturated heterocycles. The highest BCUT2D eigenvalue weighted by Gasteiger charge is 2.21. The predicted molar refractivity (Wildman–Crippen MR) is 101 cm³/mol. The van der Waals surface area contributed by atoms with Crippen LogP contribution in [0.2, 0.25) is 0 Å². The third-order valence-corrected chi connectivity index (χ3v) is 7.77. The second-order valence-electron chi connectivity index (χ2n) is 3.98. The third-order valence-electron chi connectivity index (χ3n) is 2.28. The maximum atomic E-state index is 11.8. The third kappa shape index (κ3) is 6.57. The first-order valence-corrected chi connectivity index (χ1v) is 11.2. The van der Waals surface area contributed by atoms with Crippen LogP contribution in [0.15, 0.2) is 10.3 Å². The quantitative estimate of drug-likeness (QED) is 0.391. The Morgan fingerprint density at radius 2 is 1.39 bits per heavy atom. The molecule has 0 saturated carbocycles. The molecule has 2 rings (SSSR count). The van der Waals surface area contributed by atoms with E-state index in [9.17, 15) is 9.59 Å². The summed E-state index contributed by atoms with van der Waals surface area (Å²) in [5.41, 5.74) is 0. The molecule has 128 valence electrons. The van der Waals surface area contributed by atoms with Crippen LogP contribution in [0, 0.1) is 0 Å². The monoisotopic (exact) mass is 414 g/mol. The average Bonchev–Trinajstić information content (AvgIpc) is 3.23. The molecule has 0 aromatic heterocycles. The normalized spacial score (nSPS) is 20.8. The number of carbonyl (C=O) groups is 2. The van der Waals surface area contributed by atoms with Gasteiger partial charge in [-0.25, -0.2) is 18.2 Å². The summed E-state index contributed by atoms with van der Waals surface area (Å²) in [5, 5.41) is 10.9. The van der Waals surface area contributed by atoms with E-state index in [1.54, 1.807) is 47.0 Å². The van der Waals surface area contributed by atoms with Crippen LogP contribution < -0.4 is 0 Å². The van der Waals surface area contributed by atoms with E-state index in [0.29, 0.717) is 0 Å². The first-order valence-electron chi connectivity index (χ1n) is 6.18. The van der Waals surface area contributed by atoms with Gasteiger partial charge in [-0.3, -0.25) is 9.68 Å². The van der Waals surface area contributed by atoms with Crippen LogP contribution in [0.3, 0.4) is 0 Å². The smallest absolute Gasteiger partial charge is 0.296 e. The molecule has 13 heteroatoms. The molecular formula is C10H14N4O4S5. The van der Waals surface area contributed by atoms with Crippen molar-refractivity contribution in [3.63, 3.8) is 0 Å². The van der Waals surface area contributed by atoms with E-state index in [0.717, 1.165) is 52.5 Å². The maximum Gasteiger partial charge on any atom is 0.447 e. The summed E-state index contributed by atoms with van der Waals surface area (Å²) in [6, 6.07) is 0. The Hall–Kier alpha value is -0.370. The van der Waals surface area contributed by atoms with Gasteiger partial charge in [0.1, 0.15) is 10.1 Å². The molecule has 0 N–H and O–H groups in total. The van der Waals surface area contributed by atoms with Crippen LogP contribution in [-0.4, -0.2) is 66.7 Å². The van der Waals surface area contributed by atoms with Gasteiger partial charge in [0.25, 0.3) is 0 Å². The lowest BCUT2D eigenvalue weighted by atomic mass is 10.9. The van der Waals surface area contributed by atoms with Gasteiger partial charge >= 0.3 is 12.2 Å². The van der Waals surface area contributed by atoms with Crippen molar-refractivity contribution in [2.75, 3.05) is 35.8 Å². The van der Waals surface area contributed by atoms with Crippen molar-refractivity contribution in [2.45, 2.75) is 0 Å². The molecule has 0 aliphatic carbocycles. The van der Waals surface area contributed by atoms with Crippen LogP contribution in [0.5, 0.6) is 0 Å². The minimum atomic E-state index is -0.672. The van der Waals surface area contributed by atoms with E-state index < -0.39 is 12.2 Å². The van der Waals surface area contributed by atoms with Crippen molar-refractivity contribution < 1.29 is 19.3 Å². The maximum absolute atomic E-state index is 11.8. The van der Waals surface area contributed by atoms with E-state index in [-0.39, 0.29) is 0 Å². The fraction of sp³-hybridized carbons (Fsp3) is 0.600. The summed E-state index contributed by atoms with van der Waals surface area (Å²) in [4.78, 5) is 33.2. The summed E-state index contributed by atoms with van der Waals surface area (Å²) >= 11 is 7.34. The van der Waals surface area contributed by atoms with Gasteiger partial charge in [0.15, 0.2) is 0 Å². The molecule has 0 spiro atoms. The second-order valence-corrected chi connectivity index (χ2v) is 10.0. The highest BCUT2D eigenvalue weighted by Crippen LogP contribution is 2.26. The van der Waals surface area contributed by atoms with Crippen LogP contribution in [0.25, 0.3) is 0 Å². The molecule has 0 bridgehead atoms. The van der Waals surface area contributed by atoms with Crippen molar-refractivity contribution in [1.82, 2.24) is 8.61 Å². The van der Waals surface area contributed by atoms with Gasteiger partial charge in [-0.2, -0.15) is 0 Å². The minimum Gasteiger partial charge on any atom is -0.296 e. The summed E-state index contributed by atoms with van der Waals surface area (Å²) < 4.78 is 2.29. The summed E-state index contributed by atoms with van der Waals surface area (Å²) in [6.45, 7) is 0. The molecule has 0 radical (unpaired) electrons. The Morgan fingerprint density at radius 3 is 1.74 bits per heavy atom. The summed E-state index contributed by atoms with van der Waals surface area (Å²) in [7, 11) is 2.95. The van der Waals surface area contributed by atoms with Crippen LogP contribution in [-0.2, 0) is 9.68 Å². The lowest BCUT2D eigenvalue weighted by Gasteiger charge is -2.19. The number of amides is 2. The molecule has 2 fully saturated rings. The van der Waals surface area contributed by atoms with E-state index >= 15 is 0 Å². The fourth-order valence-corrected chi connectivity index (χ4v) is 6.00. The van der Waals surface area contributed by atoms with Gasteiger partial charge in [-0.05, 0) is 0 Å². The lowest BCUT2D eigenvalue weighted by Crippen LogP contribution is -2.28. The van der Waals surface area contributed by atoms with Crippen LogP contribution in [0.4, 0.5) is 9.59 Å². The van der Waals surface area contributed by atoms with Gasteiger partial charge in [-0.15, -0.1) is 23.5 Å². The topological polar surface area (TPSA) is 83.8 Å². The number of rotatable bonds is 4. The van der Waals surface area contributed by atoms with Crippen LogP contribution >= 0.6 is 59.2 Å². The van der Waals surface area contributed by atoms with Gasteiger partial charge in [0.2, 0.25) is 0 Å². The Kier molecular flexibility index (Phi) is 8.09. The Bertz CT molecular complexity index is 457. The zero-order chi connectivity index (χ0) is 16.7. The molecule has 2 aliphatic heterocycles. The standard InChI is InChI=1S/C10H14N4O4S5/c1-13(9(15)17-11-7-3-19-5-21-7)23-14(2)10(16)18-12-8-4-20-6-22-8/h3-6H2,1-2H3. The highest BCUT2D eigenvalue weighted by atomic mass is 32.2. The van der Waals surface area contributed by atoms with Crippen molar-refractivity contribution in [1.29, 1.82) is 0 Å². The zero-order valence-corrected chi connectivity index (χ0v) is 16.4. The summed E-state index contributed by atoms with van der Waals surface area (Å²) in [5.74, 6) is 1.50. The van der Waals surface area contributed by atoms with Gasteiger partial charge in [-0.1, -0.05) is 33.8 Å². The average molecular weight is 415 g/mol. The number of oxime groups is 2. The van der Waals surface area contributed by atoms with Crippen molar-refractivity contribution >= 4 is 81.5 Å². The largest absolute Gasteiger partial charge is 0.447 e. The first kappa shape index (κ1) is 19.0. The van der Waals surface area contributed by atoms with Gasteiger partial charge in [0, 0.05) is 35.8 Å². The molecular weight excluding hydrogens is 400 g/mol. The van der Waals surface area contributed by atoms with Crippen LogP contribution in [0.1, 0.15) is 0 Å². The SMILES string of the molecule is CN(SN(C)C(=O)ON=C1CSCS1)C(=O)ON=C1CSCS1. The highest BCUT2D eigenvalue weighted by molar-refractivity contribution is 8.29. The Balaban J connectivity index is 1.72. The summed E-state index contributed by atoms with van der Waals surface area (Å²) in [6.07, 6.45) is -1.34. The molecule has 2 aliphatic rings. The van der Waals surface area contributed by atoms with E-state index in [1.807, 2.05) is 0 Å². The number of hydrogen-bond donors (Lipinski definition) is 0. The van der Waals surface area contributed by atoms with Crippen molar-refractivity contribution in [3.8, 4) is 0 Å². The van der Waals surface area contributed by atoms with Crippen molar-refractivity contribution in [2.24, 2.45) is 10.3 Å². The lowest BCUT2D eigenvalue weighted by molar-refractivity contribution is 0.131. The van der Waals surface area contributed by atoms with Gasteiger partial charge in [0.05, 0.1) is 12.1 Å². The Labute approximate surface area is 155 Å². The minimum absolute atomic E-state index is 0.672. The van der Waals surface area contributed by atoms with Crippen molar-refractivity contribution in [3.05, 3.63) is 0 Å². The van der Waals surface area contributed by atoms with E-state index in [1.165, 1.54) is 14.1 Å². The zero-order valence-electron chi connectivity index (χ0n) is 12.3. The molecule has 0 atom stereocenters. The van der Waals surface area contributed by atoms with Gasteiger partial charge < -0.3 is 0 Å². The molecule has 2 heterocycles. The molecule has 23 heavy (non-hydrogen) atoms. The number of nitrogens with zero attached hydrogens (tertiary/aromatic N) is 4. The predicted octanol–water partition coefficient (Wildman–Crippen LogP) is 3.19. The number of carbonyl (C=O) groups excluding carboxylic acids is 2. The Morgan fingerprint density at radius 1 is 0.957 bits per heavy atom. The molecule has 2 amide bonds. The molecule has 0 unspecified atom stereocenters. The first-order chi connectivity index (χ1) is 11.1. The number of thioether (sulfide) groups is 4. The van der Waals surface area contributed by atoms with E-state index in [4.69, 9.17) is 9.68 Å².